The third-order valence-corrected chi connectivity index (χ3v) is 8.98. The molecule has 0 nitrogen and oxygen atoms in total. The molecule has 0 aliphatic carbocycles. The zero-order valence-corrected chi connectivity index (χ0v) is 12.2. The van der Waals surface area contributed by atoms with Gasteiger partial charge in [-0.15, -0.1) is 0 Å². The zero-order chi connectivity index (χ0) is 13.1. The summed E-state index contributed by atoms with van der Waals surface area (Å²) in [6, 6.07) is 6.60. The van der Waals surface area contributed by atoms with Crippen LogP contribution in [0, 0.1) is 23.3 Å². The van der Waals surface area contributed by atoms with Crippen LogP contribution in [0.4, 0.5) is 17.6 Å². The van der Waals surface area contributed by atoms with Crippen LogP contribution in [0.2, 0.25) is 0 Å². The van der Waals surface area contributed by atoms with E-state index in [-0.39, 0.29) is 26.3 Å². The quantitative estimate of drug-likeness (QED) is 0.556. The van der Waals surface area contributed by atoms with Crippen LogP contribution >= 0.6 is 0 Å². The number of hydrogen-bond donors (Lipinski definition) is 0. The van der Waals surface area contributed by atoms with Crippen LogP contribution in [-0.2, 0) is 0 Å². The van der Waals surface area contributed by atoms with Gasteiger partial charge in [-0.25, -0.2) is 0 Å². The first-order valence-corrected chi connectivity index (χ1v) is 10.8. The Bertz CT molecular complexity index is 480. The molecule has 0 aromatic heterocycles. The van der Waals surface area contributed by atoms with Crippen molar-refractivity contribution in [2.75, 3.05) is 0 Å². The molecule has 0 aliphatic heterocycles. The van der Waals surface area contributed by atoms with Crippen LogP contribution in [0.3, 0.4) is 0 Å². The standard InChI is InChI=1S/C12H6F4Se2/c13-7-1-8(14)4-11(3-7)17-18-12-5-9(15)2-10(16)6-12/h1-6H. The van der Waals surface area contributed by atoms with E-state index in [4.69, 9.17) is 0 Å². The van der Waals surface area contributed by atoms with Gasteiger partial charge in [0.15, 0.2) is 0 Å². The molecule has 6 heteroatoms. The molecular weight excluding hydrogens is 378 g/mol. The second kappa shape index (κ2) is 5.89. The zero-order valence-electron chi connectivity index (χ0n) is 8.79. The van der Waals surface area contributed by atoms with Crippen molar-refractivity contribution in [1.82, 2.24) is 0 Å². The summed E-state index contributed by atoms with van der Waals surface area (Å²) in [5, 5.41) is 0. The van der Waals surface area contributed by atoms with E-state index in [2.05, 4.69) is 0 Å². The second-order valence-corrected chi connectivity index (χ2v) is 9.69. The summed E-state index contributed by atoms with van der Waals surface area (Å²) in [4.78, 5) is 0. The number of benzene rings is 2. The summed E-state index contributed by atoms with van der Waals surface area (Å²) in [7, 11) is 0. The van der Waals surface area contributed by atoms with Crippen LogP contribution in [0.25, 0.3) is 0 Å². The number of hydrogen-bond acceptors (Lipinski definition) is 0. The van der Waals surface area contributed by atoms with Crippen LogP contribution in [0.1, 0.15) is 0 Å². The average molecular weight is 384 g/mol. The molecule has 0 aliphatic rings. The minimum atomic E-state index is -0.631. The number of halogens is 4. The SMILES string of the molecule is Fc1cc(F)cc([Se][Se]c2cc(F)cc(F)c2)c1. The van der Waals surface area contributed by atoms with Crippen molar-refractivity contribution in [1.29, 1.82) is 0 Å². The molecule has 0 heterocycles. The van der Waals surface area contributed by atoms with Crippen LogP contribution < -0.4 is 8.92 Å². The average Bonchev–Trinajstić information content (AvgIpc) is 2.23. The second-order valence-electron chi connectivity index (χ2n) is 3.38. The topological polar surface area (TPSA) is 0 Å². The summed E-state index contributed by atoms with van der Waals surface area (Å²) in [5.41, 5.74) is 0. The molecule has 2 aromatic carbocycles. The summed E-state index contributed by atoms with van der Waals surface area (Å²) in [6.07, 6.45) is 0. The first-order valence-electron chi connectivity index (χ1n) is 4.79. The molecule has 0 unspecified atom stereocenters. The fourth-order valence-electron chi connectivity index (χ4n) is 1.25. The van der Waals surface area contributed by atoms with Gasteiger partial charge in [-0.2, -0.15) is 0 Å². The van der Waals surface area contributed by atoms with Crippen molar-refractivity contribution >= 4 is 35.2 Å². The fraction of sp³-hybridized carbons (Fsp3) is 0. The van der Waals surface area contributed by atoms with E-state index < -0.39 is 23.3 Å². The Balaban J connectivity index is 2.11. The normalized spacial score (nSPS) is 10.7. The van der Waals surface area contributed by atoms with Crippen molar-refractivity contribution in [2.24, 2.45) is 0 Å². The van der Waals surface area contributed by atoms with Gasteiger partial charge in [-0.05, 0) is 0 Å². The van der Waals surface area contributed by atoms with Crippen molar-refractivity contribution in [3.8, 4) is 0 Å². The molecule has 0 saturated heterocycles. The van der Waals surface area contributed by atoms with Crippen molar-refractivity contribution in [2.45, 2.75) is 0 Å². The maximum atomic E-state index is 12.9. The summed E-state index contributed by atoms with van der Waals surface area (Å²) in [5.74, 6) is -2.53. The van der Waals surface area contributed by atoms with Gasteiger partial charge in [0.2, 0.25) is 0 Å². The predicted octanol–water partition coefficient (Wildman–Crippen LogP) is 1.52. The van der Waals surface area contributed by atoms with E-state index in [1.807, 2.05) is 0 Å². The van der Waals surface area contributed by atoms with Crippen molar-refractivity contribution < 1.29 is 17.6 Å². The molecule has 2 aromatic rings. The van der Waals surface area contributed by atoms with Crippen LogP contribution in [0.5, 0.6) is 0 Å². The van der Waals surface area contributed by atoms with E-state index in [9.17, 15) is 17.6 Å². The third-order valence-electron chi connectivity index (χ3n) is 1.91. The van der Waals surface area contributed by atoms with Gasteiger partial charge < -0.3 is 0 Å². The summed E-state index contributed by atoms with van der Waals surface area (Å²) < 4.78 is 52.8. The van der Waals surface area contributed by atoms with Gasteiger partial charge in [-0.3, -0.25) is 0 Å². The molecule has 0 saturated carbocycles. The first-order chi connectivity index (χ1) is 8.52. The van der Waals surface area contributed by atoms with E-state index in [0.717, 1.165) is 12.1 Å². The number of rotatable bonds is 3. The van der Waals surface area contributed by atoms with Gasteiger partial charge >= 0.3 is 112 Å². The molecule has 94 valence electrons. The molecule has 18 heavy (non-hydrogen) atoms. The van der Waals surface area contributed by atoms with Gasteiger partial charge in [0, 0.05) is 0 Å². The van der Waals surface area contributed by atoms with E-state index >= 15 is 0 Å². The van der Waals surface area contributed by atoms with Crippen molar-refractivity contribution in [3.05, 3.63) is 59.7 Å². The van der Waals surface area contributed by atoms with Crippen LogP contribution in [-0.4, -0.2) is 26.3 Å². The molecule has 0 bridgehead atoms. The molecule has 0 radical (unpaired) electrons. The van der Waals surface area contributed by atoms with Gasteiger partial charge in [0.05, 0.1) is 0 Å². The molecule has 0 fully saturated rings. The van der Waals surface area contributed by atoms with E-state index in [0.29, 0.717) is 8.92 Å². The summed E-state index contributed by atoms with van der Waals surface area (Å²) >= 11 is -0.424. The van der Waals surface area contributed by atoms with Crippen LogP contribution in [0.15, 0.2) is 36.4 Å². The summed E-state index contributed by atoms with van der Waals surface area (Å²) in [6.45, 7) is 0. The molecule has 0 N–H and O–H groups in total. The Morgan fingerprint density at radius 1 is 0.500 bits per heavy atom. The van der Waals surface area contributed by atoms with E-state index in [1.165, 1.54) is 24.3 Å². The van der Waals surface area contributed by atoms with E-state index in [1.54, 1.807) is 0 Å². The third kappa shape index (κ3) is 3.85. The molecule has 0 spiro atoms. The Morgan fingerprint density at radius 2 is 0.778 bits per heavy atom. The molecule has 0 amide bonds. The Hall–Kier alpha value is -0.801. The Kier molecular flexibility index (Phi) is 4.46. The fourth-order valence-corrected chi connectivity index (χ4v) is 7.20. The first kappa shape index (κ1) is 13.6. The molecular formula is C12H6F4Se2. The monoisotopic (exact) mass is 386 g/mol. The Morgan fingerprint density at radius 3 is 1.06 bits per heavy atom. The Labute approximate surface area is 112 Å². The minimum absolute atomic E-state index is 0.212. The molecule has 0 atom stereocenters. The van der Waals surface area contributed by atoms with Gasteiger partial charge in [0.25, 0.3) is 0 Å². The molecule has 2 rings (SSSR count). The van der Waals surface area contributed by atoms with Gasteiger partial charge in [0.1, 0.15) is 0 Å². The van der Waals surface area contributed by atoms with Gasteiger partial charge in [-0.1, -0.05) is 0 Å². The van der Waals surface area contributed by atoms with Crippen molar-refractivity contribution in [3.63, 3.8) is 0 Å². The maximum absolute atomic E-state index is 12.9. The predicted molar refractivity (Wildman–Crippen MR) is 63.5 cm³/mol.